The Morgan fingerprint density at radius 3 is 2.71 bits per heavy atom. The summed E-state index contributed by atoms with van der Waals surface area (Å²) < 4.78 is 0. The van der Waals surface area contributed by atoms with E-state index >= 15 is 0 Å². The molecule has 2 aliphatic rings. The highest BCUT2D eigenvalue weighted by molar-refractivity contribution is 5.78. The zero-order chi connectivity index (χ0) is 19.8. The number of hydrogen-bond donors (Lipinski definition) is 1. The van der Waals surface area contributed by atoms with Crippen LogP contribution in [-0.4, -0.2) is 21.8 Å². The zero-order valence-corrected chi connectivity index (χ0v) is 16.4. The van der Waals surface area contributed by atoms with Crippen molar-refractivity contribution in [3.05, 3.63) is 68.1 Å². The van der Waals surface area contributed by atoms with Crippen molar-refractivity contribution in [2.24, 2.45) is 0 Å². The number of nitriles is 1. The topological polar surface area (TPSA) is 77.0 Å². The number of pyridine rings is 1. The number of rotatable bonds is 5. The molecule has 1 atom stereocenters. The predicted molar refractivity (Wildman–Crippen MR) is 107 cm³/mol. The van der Waals surface area contributed by atoms with Crippen molar-refractivity contribution in [2.75, 3.05) is 0 Å². The molecule has 1 amide bonds. The number of aromatic nitrogens is 1. The molecule has 0 aliphatic heterocycles. The number of amides is 1. The second-order valence-corrected chi connectivity index (χ2v) is 7.95. The Hall–Kier alpha value is -2.87. The predicted octanol–water partition coefficient (Wildman–Crippen LogP) is 3.47. The lowest BCUT2D eigenvalue weighted by Gasteiger charge is -2.30. The minimum Gasteiger partial charge on any atom is -0.333 e. The van der Waals surface area contributed by atoms with E-state index in [2.05, 4.69) is 34.1 Å². The van der Waals surface area contributed by atoms with Gasteiger partial charge in [-0.3, -0.25) is 9.59 Å². The molecule has 0 unspecified atom stereocenters. The van der Waals surface area contributed by atoms with Crippen molar-refractivity contribution in [1.82, 2.24) is 9.88 Å². The molecule has 2 aliphatic carbocycles. The third-order valence-electron chi connectivity index (χ3n) is 6.17. The van der Waals surface area contributed by atoms with E-state index in [1.165, 1.54) is 11.1 Å². The van der Waals surface area contributed by atoms with Crippen LogP contribution in [0.1, 0.15) is 65.2 Å². The summed E-state index contributed by atoms with van der Waals surface area (Å²) in [6.45, 7) is 3.63. The number of benzene rings is 1. The van der Waals surface area contributed by atoms with E-state index in [1.807, 2.05) is 13.0 Å². The number of hydrogen-bond acceptors (Lipinski definition) is 3. The minimum atomic E-state index is -0.352. The average Bonchev–Trinajstić information content (AvgIpc) is 3.41. The summed E-state index contributed by atoms with van der Waals surface area (Å²) in [5.74, 6) is 0.174. The number of fused-ring (bicyclic) bond motifs is 1. The molecule has 0 radical (unpaired) electrons. The van der Waals surface area contributed by atoms with E-state index in [1.54, 1.807) is 6.92 Å². The highest BCUT2D eigenvalue weighted by atomic mass is 16.2. The van der Waals surface area contributed by atoms with E-state index in [4.69, 9.17) is 0 Å². The molecule has 2 aromatic rings. The molecule has 1 aromatic heterocycles. The maximum atomic E-state index is 13.2. The molecular formula is C23H25N3O2. The van der Waals surface area contributed by atoms with Gasteiger partial charge in [0.15, 0.2) is 0 Å². The monoisotopic (exact) mass is 375 g/mol. The lowest BCUT2D eigenvalue weighted by Crippen LogP contribution is -2.36. The van der Waals surface area contributed by atoms with Gasteiger partial charge in [0.1, 0.15) is 11.6 Å². The first-order chi connectivity index (χ1) is 13.5. The first-order valence-corrected chi connectivity index (χ1v) is 10.0. The van der Waals surface area contributed by atoms with Crippen molar-refractivity contribution in [1.29, 1.82) is 5.26 Å². The van der Waals surface area contributed by atoms with Gasteiger partial charge in [-0.25, -0.2) is 0 Å². The fourth-order valence-corrected chi connectivity index (χ4v) is 4.59. The largest absolute Gasteiger partial charge is 0.333 e. The van der Waals surface area contributed by atoms with Crippen molar-refractivity contribution in [2.45, 2.75) is 64.5 Å². The van der Waals surface area contributed by atoms with Gasteiger partial charge in [0.05, 0.1) is 6.04 Å². The average molecular weight is 375 g/mol. The number of nitrogens with one attached hydrogen (secondary N) is 1. The van der Waals surface area contributed by atoms with Crippen molar-refractivity contribution in [3.63, 3.8) is 0 Å². The highest BCUT2D eigenvalue weighted by Crippen LogP contribution is 2.42. The van der Waals surface area contributed by atoms with Crippen LogP contribution < -0.4 is 5.56 Å². The molecule has 1 N–H and O–H groups in total. The minimum absolute atomic E-state index is 0.150. The van der Waals surface area contributed by atoms with Gasteiger partial charge in [0.2, 0.25) is 5.91 Å². The summed E-state index contributed by atoms with van der Waals surface area (Å²) in [4.78, 5) is 30.0. The molecule has 4 rings (SSSR count). The van der Waals surface area contributed by atoms with Crippen LogP contribution in [0.25, 0.3) is 0 Å². The van der Waals surface area contributed by atoms with Crippen LogP contribution in [0.3, 0.4) is 0 Å². The molecule has 1 aromatic carbocycles. The SMILES string of the molecule is Cc1[nH]c(=O)c(C#N)c(C)c1CCC(=O)N(C1CC1)[C@H]1CCc2ccccc21. The van der Waals surface area contributed by atoms with Crippen LogP contribution in [-0.2, 0) is 17.6 Å². The molecule has 0 spiro atoms. The summed E-state index contributed by atoms with van der Waals surface area (Å²) in [6, 6.07) is 11.0. The number of aromatic amines is 1. The zero-order valence-electron chi connectivity index (χ0n) is 16.4. The van der Waals surface area contributed by atoms with Crippen LogP contribution in [0, 0.1) is 25.2 Å². The molecule has 28 heavy (non-hydrogen) atoms. The molecule has 1 saturated carbocycles. The Morgan fingerprint density at radius 1 is 1.25 bits per heavy atom. The van der Waals surface area contributed by atoms with Gasteiger partial charge in [-0.2, -0.15) is 5.26 Å². The quantitative estimate of drug-likeness (QED) is 0.869. The van der Waals surface area contributed by atoms with Gasteiger partial charge < -0.3 is 9.88 Å². The Bertz CT molecular complexity index is 1030. The van der Waals surface area contributed by atoms with E-state index in [0.717, 1.165) is 36.9 Å². The van der Waals surface area contributed by atoms with Gasteiger partial charge in [-0.1, -0.05) is 24.3 Å². The van der Waals surface area contributed by atoms with Crippen LogP contribution in [0.5, 0.6) is 0 Å². The molecule has 0 saturated heterocycles. The summed E-state index contributed by atoms with van der Waals surface area (Å²) in [7, 11) is 0. The third kappa shape index (κ3) is 3.24. The van der Waals surface area contributed by atoms with Crippen molar-refractivity contribution in [3.8, 4) is 6.07 Å². The lowest BCUT2D eigenvalue weighted by molar-refractivity contribution is -0.134. The van der Waals surface area contributed by atoms with Gasteiger partial charge in [-0.05, 0) is 68.2 Å². The first kappa shape index (κ1) is 18.5. The van der Waals surface area contributed by atoms with E-state index < -0.39 is 0 Å². The summed E-state index contributed by atoms with van der Waals surface area (Å²) in [5, 5.41) is 9.25. The van der Waals surface area contributed by atoms with Crippen LogP contribution in [0.15, 0.2) is 29.1 Å². The van der Waals surface area contributed by atoms with Gasteiger partial charge >= 0.3 is 0 Å². The molecule has 5 heteroatoms. The summed E-state index contributed by atoms with van der Waals surface area (Å²) in [6.07, 6.45) is 5.13. The summed E-state index contributed by atoms with van der Waals surface area (Å²) >= 11 is 0. The van der Waals surface area contributed by atoms with Crippen LogP contribution in [0.2, 0.25) is 0 Å². The van der Waals surface area contributed by atoms with Gasteiger partial charge in [0.25, 0.3) is 5.56 Å². The summed E-state index contributed by atoms with van der Waals surface area (Å²) in [5.41, 5.74) is 4.81. The van der Waals surface area contributed by atoms with E-state index in [-0.39, 0.29) is 23.1 Å². The lowest BCUT2D eigenvalue weighted by atomic mass is 9.98. The normalized spacial score (nSPS) is 17.8. The smallest absolute Gasteiger partial charge is 0.266 e. The molecular weight excluding hydrogens is 350 g/mol. The van der Waals surface area contributed by atoms with Crippen molar-refractivity contribution >= 4 is 5.91 Å². The van der Waals surface area contributed by atoms with Gasteiger partial charge in [0, 0.05) is 18.2 Å². The highest BCUT2D eigenvalue weighted by Gasteiger charge is 2.40. The fourth-order valence-electron chi connectivity index (χ4n) is 4.59. The molecule has 144 valence electrons. The molecule has 0 bridgehead atoms. The number of aryl methyl sites for hydroxylation is 2. The van der Waals surface area contributed by atoms with Gasteiger partial charge in [-0.15, -0.1) is 0 Å². The molecule has 5 nitrogen and oxygen atoms in total. The molecule has 1 heterocycles. The van der Waals surface area contributed by atoms with E-state index in [9.17, 15) is 14.9 Å². The maximum absolute atomic E-state index is 13.2. The number of carbonyl (C=O) groups excluding carboxylic acids is 1. The maximum Gasteiger partial charge on any atom is 0.266 e. The second-order valence-electron chi connectivity index (χ2n) is 7.95. The molecule has 1 fully saturated rings. The standard InChI is InChI=1S/C23H25N3O2/c1-14-18(15(2)25-23(28)20(14)13-24)10-12-22(27)26(17-8-9-17)21-11-7-16-5-3-4-6-19(16)21/h3-6,17,21H,7-12H2,1-2H3,(H,25,28)/t21-/m0/s1. The van der Waals surface area contributed by atoms with Crippen LogP contribution in [0.4, 0.5) is 0 Å². The third-order valence-corrected chi connectivity index (χ3v) is 6.17. The number of carbonyl (C=O) groups is 1. The Morgan fingerprint density at radius 2 is 2.00 bits per heavy atom. The number of H-pyrrole nitrogens is 1. The van der Waals surface area contributed by atoms with E-state index in [0.29, 0.717) is 24.4 Å². The first-order valence-electron chi connectivity index (χ1n) is 10.0. The second kappa shape index (κ2) is 7.27. The Labute approximate surface area is 165 Å². The van der Waals surface area contributed by atoms with Crippen LogP contribution >= 0.6 is 0 Å². The number of nitrogens with zero attached hydrogens (tertiary/aromatic N) is 2. The fraction of sp³-hybridized carbons (Fsp3) is 0.435. The Balaban J connectivity index is 1.55. The van der Waals surface area contributed by atoms with Crippen molar-refractivity contribution < 1.29 is 4.79 Å². The Kier molecular flexibility index (Phi) is 4.80.